The number of aliphatic carboxylic acids is 1. The Labute approximate surface area is 217 Å². The number of hydrogen-bond donors (Lipinski definition) is 1. The number of aryl methyl sites for hydroxylation is 1. The first kappa shape index (κ1) is 26.4. The molecule has 0 radical (unpaired) electrons. The van der Waals surface area contributed by atoms with Crippen molar-refractivity contribution in [3.8, 4) is 0 Å². The number of halogens is 5. The largest absolute Gasteiger partial charge is 0.481 e. The molecule has 2 aromatic rings. The van der Waals surface area contributed by atoms with Crippen molar-refractivity contribution in [1.82, 2.24) is 4.90 Å². The summed E-state index contributed by atoms with van der Waals surface area (Å²) in [5.74, 6) is -1.50. The maximum Gasteiger partial charge on any atom is 0.416 e. The lowest BCUT2D eigenvalue weighted by atomic mass is 10.00. The highest BCUT2D eigenvalue weighted by molar-refractivity contribution is 6.38. The molecule has 0 bridgehead atoms. The Bertz CT molecular complexity index is 1250. The number of piperidine rings is 1. The van der Waals surface area contributed by atoms with Gasteiger partial charge in [-0.15, -0.1) is 0 Å². The normalized spacial score (nSPS) is 21.1. The van der Waals surface area contributed by atoms with Crippen LogP contribution < -0.4 is 4.90 Å². The summed E-state index contributed by atoms with van der Waals surface area (Å²) in [5, 5.41) is 9.77. The van der Waals surface area contributed by atoms with Crippen molar-refractivity contribution in [2.45, 2.75) is 19.5 Å². The molecule has 1 saturated heterocycles. The zero-order valence-electron chi connectivity index (χ0n) is 19.9. The summed E-state index contributed by atoms with van der Waals surface area (Å²) in [6.07, 6.45) is -0.701. The molecule has 5 nitrogen and oxygen atoms in total. The maximum absolute atomic E-state index is 13.3. The second-order valence-electron chi connectivity index (χ2n) is 9.51. The second-order valence-corrected chi connectivity index (χ2v) is 10.3. The minimum atomic E-state index is -4.45. The van der Waals surface area contributed by atoms with Gasteiger partial charge in [-0.1, -0.05) is 35.4 Å². The van der Waals surface area contributed by atoms with Crippen LogP contribution in [-0.2, 0) is 17.4 Å². The van der Waals surface area contributed by atoms with Gasteiger partial charge >= 0.3 is 12.1 Å². The second kappa shape index (κ2) is 9.63. The van der Waals surface area contributed by atoms with E-state index in [0.717, 1.165) is 12.1 Å². The molecule has 1 N–H and O–H groups in total. The fourth-order valence-corrected chi connectivity index (χ4v) is 5.61. The van der Waals surface area contributed by atoms with Gasteiger partial charge in [0.1, 0.15) is 0 Å². The standard InChI is InChI=1S/C26H25Cl2F3N2O3/c1-13-9-14(26(29,30)31)10-21(32(2)3)15(13)5-4-6-16-20(27)8-7-17(23(16)28)24(34)33-11-18-19(12-33)22(18)25(35)36/h4-5,7-10,18-19,22H,6,11-12H2,1-3H3,(H,35,36)/b5-4+. The van der Waals surface area contributed by atoms with Crippen molar-refractivity contribution in [3.63, 3.8) is 0 Å². The summed E-state index contributed by atoms with van der Waals surface area (Å²) < 4.78 is 39.8. The molecule has 1 saturated carbocycles. The topological polar surface area (TPSA) is 60.9 Å². The maximum atomic E-state index is 13.3. The highest BCUT2D eigenvalue weighted by atomic mass is 35.5. The van der Waals surface area contributed by atoms with Crippen molar-refractivity contribution in [3.05, 3.63) is 68.2 Å². The van der Waals surface area contributed by atoms with E-state index in [-0.39, 0.29) is 40.7 Å². The van der Waals surface area contributed by atoms with Gasteiger partial charge in [-0.3, -0.25) is 9.59 Å². The quantitative estimate of drug-likeness (QED) is 0.484. The average molecular weight is 541 g/mol. The number of fused-ring (bicyclic) bond motifs is 1. The molecule has 4 rings (SSSR count). The van der Waals surface area contributed by atoms with Crippen LogP contribution >= 0.6 is 23.2 Å². The van der Waals surface area contributed by atoms with Gasteiger partial charge in [0, 0.05) is 43.5 Å². The number of amides is 1. The van der Waals surface area contributed by atoms with Crippen LogP contribution in [0.1, 0.15) is 32.6 Å². The van der Waals surface area contributed by atoms with E-state index in [9.17, 15) is 27.9 Å². The van der Waals surface area contributed by atoms with E-state index in [0.29, 0.717) is 40.5 Å². The zero-order valence-corrected chi connectivity index (χ0v) is 21.4. The van der Waals surface area contributed by atoms with E-state index in [1.807, 2.05) is 0 Å². The summed E-state index contributed by atoms with van der Waals surface area (Å²) in [6.45, 7) is 2.39. The molecule has 0 aromatic heterocycles. The van der Waals surface area contributed by atoms with Crippen LogP contribution in [0, 0.1) is 24.7 Å². The number of benzene rings is 2. The summed E-state index contributed by atoms with van der Waals surface area (Å²) in [5.41, 5.74) is 1.63. The lowest BCUT2D eigenvalue weighted by Crippen LogP contribution is -2.32. The van der Waals surface area contributed by atoms with E-state index in [1.165, 1.54) is 0 Å². The molecule has 2 fully saturated rings. The van der Waals surface area contributed by atoms with E-state index >= 15 is 0 Å². The predicted molar refractivity (Wildman–Crippen MR) is 134 cm³/mol. The summed E-state index contributed by atoms with van der Waals surface area (Å²) in [6, 6.07) is 5.38. The summed E-state index contributed by atoms with van der Waals surface area (Å²) >= 11 is 13.0. The minimum absolute atomic E-state index is 0.0159. The van der Waals surface area contributed by atoms with Crippen molar-refractivity contribution in [2.75, 3.05) is 32.1 Å². The third kappa shape index (κ3) is 4.93. The number of allylic oxidation sites excluding steroid dienone is 1. The molecule has 2 aliphatic rings. The number of rotatable bonds is 6. The number of carboxylic acids is 1. The molecule has 1 aliphatic carbocycles. The monoisotopic (exact) mass is 540 g/mol. The number of hydrogen-bond acceptors (Lipinski definition) is 3. The Balaban J connectivity index is 1.55. The molecule has 0 spiro atoms. The Morgan fingerprint density at radius 2 is 1.81 bits per heavy atom. The fourth-order valence-electron chi connectivity index (χ4n) is 5.00. The Hall–Kier alpha value is -2.71. The van der Waals surface area contributed by atoms with E-state index in [1.54, 1.807) is 55.1 Å². The first-order valence-corrected chi connectivity index (χ1v) is 12.1. The lowest BCUT2D eigenvalue weighted by Gasteiger charge is -2.21. The highest BCUT2D eigenvalue weighted by Crippen LogP contribution is 2.52. The van der Waals surface area contributed by atoms with Crippen LogP contribution in [0.3, 0.4) is 0 Å². The molecule has 2 unspecified atom stereocenters. The zero-order chi connectivity index (χ0) is 26.5. The van der Waals surface area contributed by atoms with Crippen LogP contribution in [0.25, 0.3) is 6.08 Å². The number of carbonyl (C=O) groups excluding carboxylic acids is 1. The molecule has 36 heavy (non-hydrogen) atoms. The van der Waals surface area contributed by atoms with Gasteiger partial charge in [0.05, 0.1) is 22.1 Å². The van der Waals surface area contributed by atoms with Crippen molar-refractivity contribution in [2.24, 2.45) is 17.8 Å². The molecule has 1 heterocycles. The van der Waals surface area contributed by atoms with Crippen molar-refractivity contribution in [1.29, 1.82) is 0 Å². The summed E-state index contributed by atoms with van der Waals surface area (Å²) in [4.78, 5) is 27.5. The molecular formula is C26H25Cl2F3N2O3. The van der Waals surface area contributed by atoms with Gasteiger partial charge < -0.3 is 14.9 Å². The third-order valence-electron chi connectivity index (χ3n) is 6.96. The van der Waals surface area contributed by atoms with Gasteiger partial charge in [0.25, 0.3) is 5.91 Å². The number of likely N-dealkylation sites (tertiary alicyclic amines) is 1. The number of carbonyl (C=O) groups is 2. The lowest BCUT2D eigenvalue weighted by molar-refractivity contribution is -0.139. The Morgan fingerprint density at radius 3 is 2.36 bits per heavy atom. The van der Waals surface area contributed by atoms with Crippen LogP contribution in [-0.4, -0.2) is 49.1 Å². The van der Waals surface area contributed by atoms with Crippen LogP contribution in [0.5, 0.6) is 0 Å². The first-order valence-electron chi connectivity index (χ1n) is 11.4. The highest BCUT2D eigenvalue weighted by Gasteiger charge is 2.60. The van der Waals surface area contributed by atoms with E-state index in [4.69, 9.17) is 23.2 Å². The molecule has 2 atom stereocenters. The predicted octanol–water partition coefficient (Wildman–Crippen LogP) is 6.05. The van der Waals surface area contributed by atoms with E-state index < -0.39 is 17.7 Å². The SMILES string of the molecule is Cc1cc(C(F)(F)F)cc(N(C)C)c1/C=C/Cc1c(Cl)ccc(C(=O)N2CC3C(C2)C3C(=O)O)c1Cl. The number of anilines is 1. The smallest absolute Gasteiger partial charge is 0.416 e. The van der Waals surface area contributed by atoms with Gasteiger partial charge in [0.15, 0.2) is 0 Å². The minimum Gasteiger partial charge on any atom is -0.481 e. The van der Waals surface area contributed by atoms with Gasteiger partial charge in [-0.2, -0.15) is 13.2 Å². The third-order valence-corrected chi connectivity index (χ3v) is 7.75. The van der Waals surface area contributed by atoms with Crippen molar-refractivity contribution >= 4 is 46.8 Å². The molecule has 1 aliphatic heterocycles. The Morgan fingerprint density at radius 1 is 1.17 bits per heavy atom. The fraction of sp³-hybridized carbons (Fsp3) is 0.385. The van der Waals surface area contributed by atoms with Crippen LogP contribution in [0.15, 0.2) is 30.3 Å². The Kier molecular flexibility index (Phi) is 7.05. The molecule has 10 heteroatoms. The first-order chi connectivity index (χ1) is 16.8. The van der Waals surface area contributed by atoms with Crippen LogP contribution in [0.2, 0.25) is 10.0 Å². The number of nitrogens with zero attached hydrogens (tertiary/aromatic N) is 2. The number of alkyl halides is 3. The summed E-state index contributed by atoms with van der Waals surface area (Å²) in [7, 11) is 3.35. The van der Waals surface area contributed by atoms with Crippen LogP contribution in [0.4, 0.5) is 18.9 Å². The van der Waals surface area contributed by atoms with Gasteiger partial charge in [-0.25, -0.2) is 0 Å². The number of carboxylic acid groups (broad SMARTS) is 1. The average Bonchev–Trinajstić information content (AvgIpc) is 3.30. The van der Waals surface area contributed by atoms with Gasteiger partial charge in [-0.05, 0) is 60.6 Å². The molecule has 2 aromatic carbocycles. The molecule has 1 amide bonds. The van der Waals surface area contributed by atoms with E-state index in [2.05, 4.69) is 0 Å². The van der Waals surface area contributed by atoms with Crippen molar-refractivity contribution < 1.29 is 27.9 Å². The van der Waals surface area contributed by atoms with Gasteiger partial charge in [0.2, 0.25) is 0 Å². The molecule has 192 valence electrons. The molecular weight excluding hydrogens is 516 g/mol.